The smallest absolute Gasteiger partial charge is 0.416 e. The summed E-state index contributed by atoms with van der Waals surface area (Å²) in [6.45, 7) is 7.15. The Bertz CT molecular complexity index is 3690. The fraction of sp³-hybridized carbons (Fsp3) is 0.521. The van der Waals surface area contributed by atoms with Crippen molar-refractivity contribution in [2.45, 2.75) is 179 Å². The SMILES string of the molecule is CCCOCCCC(=O)c1cc(COC(=O)N2c3cc(OCCCCCOc4cc5c(cc4OC)C(=O)N4C=C(C)C[C@H]4C(O)N5C(=O)OCc4ccc(O[C@@H]5OC[C@@H](O)[C@H](O)[C@H]5O)c(C(=O)CCCOC)c4)c(C)cc3C(=O)N3C=C(C)C[C@H]3C2O)ccc1O[C@@H]1OC[C@@H](O)[C@H](O)[C@H]1O. The van der Waals surface area contributed by atoms with Crippen LogP contribution in [0.3, 0.4) is 0 Å². The monoisotopic (exact) mass is 1400 g/mol. The zero-order chi connectivity index (χ0) is 71.6. The van der Waals surface area contributed by atoms with E-state index in [1.165, 1.54) is 78.6 Å². The topological polar surface area (TPSA) is 379 Å². The summed E-state index contributed by atoms with van der Waals surface area (Å²) in [5.74, 6) is -1.16. The molecular weight excluding hydrogens is 1310 g/mol. The van der Waals surface area contributed by atoms with Crippen molar-refractivity contribution in [3.63, 3.8) is 0 Å². The lowest BCUT2D eigenvalue weighted by molar-refractivity contribution is -0.242. The molecule has 0 aromatic heterocycles. The van der Waals surface area contributed by atoms with Crippen LogP contribution in [0.1, 0.15) is 143 Å². The molecule has 4 aromatic carbocycles. The van der Waals surface area contributed by atoms with Crippen molar-refractivity contribution in [2.24, 2.45) is 0 Å². The van der Waals surface area contributed by atoms with Gasteiger partial charge in [-0.3, -0.25) is 19.2 Å². The Balaban J connectivity index is 0.808. The maximum atomic E-state index is 14.5. The van der Waals surface area contributed by atoms with Crippen LogP contribution >= 0.6 is 0 Å². The molecule has 0 spiro atoms. The van der Waals surface area contributed by atoms with Crippen LogP contribution in [0.4, 0.5) is 21.0 Å². The molecule has 0 saturated carbocycles. The predicted molar refractivity (Wildman–Crippen MR) is 353 cm³/mol. The van der Waals surface area contributed by atoms with Crippen molar-refractivity contribution in [3.05, 3.63) is 123 Å². The summed E-state index contributed by atoms with van der Waals surface area (Å²) in [7, 11) is 2.89. The molecule has 29 nitrogen and oxygen atoms in total. The van der Waals surface area contributed by atoms with Crippen LogP contribution < -0.4 is 33.5 Å². The van der Waals surface area contributed by atoms with E-state index in [1.54, 1.807) is 32.3 Å². The molecular formula is C71H88N4O25. The van der Waals surface area contributed by atoms with Crippen molar-refractivity contribution < 1.29 is 122 Å². The minimum absolute atomic E-state index is 0.00103. The lowest BCUT2D eigenvalue weighted by Gasteiger charge is -2.35. The summed E-state index contributed by atoms with van der Waals surface area (Å²) in [5.41, 5.74) is 2.96. The molecule has 6 aliphatic heterocycles. The zero-order valence-corrected chi connectivity index (χ0v) is 56.6. The second-order valence-corrected chi connectivity index (χ2v) is 25.6. The third-order valence-electron chi connectivity index (χ3n) is 18.0. The van der Waals surface area contributed by atoms with Crippen LogP contribution in [0.5, 0.6) is 28.7 Å². The molecule has 542 valence electrons. The fourth-order valence-electron chi connectivity index (χ4n) is 12.7. The average molecular weight is 1400 g/mol. The summed E-state index contributed by atoms with van der Waals surface area (Å²) in [4.78, 5) is 89.9. The Hall–Kier alpha value is -8.30. The number of rotatable bonds is 29. The molecule has 0 aliphatic carbocycles. The Morgan fingerprint density at radius 3 is 1.47 bits per heavy atom. The van der Waals surface area contributed by atoms with E-state index in [2.05, 4.69) is 0 Å². The van der Waals surface area contributed by atoms with E-state index in [0.717, 1.165) is 27.4 Å². The van der Waals surface area contributed by atoms with Crippen molar-refractivity contribution >= 4 is 46.9 Å². The molecule has 29 heteroatoms. The highest BCUT2D eigenvalue weighted by molar-refractivity contribution is 6.08. The summed E-state index contributed by atoms with van der Waals surface area (Å²) in [5, 5.41) is 86.1. The van der Waals surface area contributed by atoms with Crippen LogP contribution in [0.15, 0.2) is 84.2 Å². The first-order chi connectivity index (χ1) is 48.0. The molecule has 8 N–H and O–H groups in total. The molecule has 100 heavy (non-hydrogen) atoms. The molecule has 10 rings (SSSR count). The summed E-state index contributed by atoms with van der Waals surface area (Å²) in [6.07, 6.45) is -10.6. The number of fused-ring (bicyclic) bond motifs is 4. The molecule has 12 atom stereocenters. The van der Waals surface area contributed by atoms with Gasteiger partial charge in [-0.1, -0.05) is 30.2 Å². The molecule has 2 fully saturated rings. The van der Waals surface area contributed by atoms with Crippen molar-refractivity contribution in [3.8, 4) is 28.7 Å². The van der Waals surface area contributed by atoms with E-state index in [1.807, 2.05) is 13.8 Å². The number of benzene rings is 4. The third kappa shape index (κ3) is 16.7. The van der Waals surface area contributed by atoms with E-state index in [-0.39, 0.29) is 127 Å². The van der Waals surface area contributed by atoms with Gasteiger partial charge in [0.1, 0.15) is 67.1 Å². The van der Waals surface area contributed by atoms with Gasteiger partial charge in [0, 0.05) is 64.3 Å². The molecule has 4 amide bonds. The molecule has 0 bridgehead atoms. The molecule has 2 saturated heterocycles. The van der Waals surface area contributed by atoms with Crippen molar-refractivity contribution in [2.75, 3.05) is 70.3 Å². The first-order valence-corrected chi connectivity index (χ1v) is 33.5. The number of ether oxygens (including phenoxy) is 11. The number of carbonyl (C=O) groups excluding carboxylic acids is 6. The number of unbranched alkanes of at least 4 members (excludes halogenated alkanes) is 2. The summed E-state index contributed by atoms with van der Waals surface area (Å²) >= 11 is 0. The van der Waals surface area contributed by atoms with Crippen LogP contribution in [-0.4, -0.2) is 220 Å². The molecule has 6 heterocycles. The highest BCUT2D eigenvalue weighted by atomic mass is 16.7. The number of methoxy groups -OCH3 is 2. The number of carbonyl (C=O) groups is 6. The summed E-state index contributed by atoms with van der Waals surface area (Å²) < 4.78 is 63.5. The van der Waals surface area contributed by atoms with Crippen molar-refractivity contribution in [1.82, 2.24) is 9.80 Å². The van der Waals surface area contributed by atoms with Gasteiger partial charge in [-0.25, -0.2) is 19.4 Å². The third-order valence-corrected chi connectivity index (χ3v) is 18.0. The Kier molecular flexibility index (Phi) is 24.9. The number of ketones is 2. The van der Waals surface area contributed by atoms with E-state index in [0.29, 0.717) is 67.8 Å². The van der Waals surface area contributed by atoms with E-state index < -0.39 is 111 Å². The van der Waals surface area contributed by atoms with Gasteiger partial charge >= 0.3 is 12.2 Å². The predicted octanol–water partition coefficient (Wildman–Crippen LogP) is 5.45. The number of amides is 4. The number of aliphatic hydroxyl groups is 8. The van der Waals surface area contributed by atoms with Crippen LogP contribution in [-0.2, 0) is 41.6 Å². The van der Waals surface area contributed by atoms with E-state index >= 15 is 0 Å². The summed E-state index contributed by atoms with van der Waals surface area (Å²) in [6, 6.07) is 12.9. The maximum Gasteiger partial charge on any atom is 0.416 e. The van der Waals surface area contributed by atoms with Gasteiger partial charge in [-0.15, -0.1) is 0 Å². The van der Waals surface area contributed by atoms with Crippen LogP contribution in [0.25, 0.3) is 0 Å². The van der Waals surface area contributed by atoms with Crippen LogP contribution in [0.2, 0.25) is 0 Å². The Morgan fingerprint density at radius 1 is 0.520 bits per heavy atom. The van der Waals surface area contributed by atoms with Crippen molar-refractivity contribution in [1.29, 1.82) is 0 Å². The number of Topliss-reactive ketones (excluding diaryl/α,β-unsaturated/α-hetero) is 2. The molecule has 6 aliphatic rings. The Morgan fingerprint density at radius 2 is 0.990 bits per heavy atom. The lowest BCUT2D eigenvalue weighted by Crippen LogP contribution is -2.54. The van der Waals surface area contributed by atoms with Gasteiger partial charge in [0.2, 0.25) is 12.6 Å². The first kappa shape index (κ1) is 74.4. The number of hydrogen-bond acceptors (Lipinski definition) is 25. The second kappa shape index (κ2) is 33.5. The lowest BCUT2D eigenvalue weighted by atomic mass is 10.0. The quantitative estimate of drug-likeness (QED) is 0.0247. The second-order valence-electron chi connectivity index (χ2n) is 25.6. The number of aliphatic hydroxyl groups excluding tert-OH is 8. The minimum Gasteiger partial charge on any atom is -0.493 e. The zero-order valence-electron chi connectivity index (χ0n) is 56.6. The molecule has 0 radical (unpaired) electrons. The number of anilines is 2. The van der Waals surface area contributed by atoms with Gasteiger partial charge in [0.05, 0.1) is 79.2 Å². The number of hydrogen-bond donors (Lipinski definition) is 8. The Labute approximate surface area is 577 Å². The van der Waals surface area contributed by atoms with Gasteiger partial charge < -0.3 is 103 Å². The maximum absolute atomic E-state index is 14.5. The average Bonchev–Trinajstić information content (AvgIpc) is 1.60. The largest absolute Gasteiger partial charge is 0.493 e. The molecule has 4 aromatic rings. The minimum atomic E-state index is -1.66. The van der Waals surface area contributed by atoms with Gasteiger partial charge in [-0.05, 0) is 125 Å². The van der Waals surface area contributed by atoms with Gasteiger partial charge in [0.15, 0.2) is 35.5 Å². The number of aryl methyl sites for hydroxylation is 1. The van der Waals surface area contributed by atoms with Gasteiger partial charge in [-0.2, -0.15) is 0 Å². The number of nitrogens with zero attached hydrogens (tertiary/aromatic N) is 4. The standard InChI is InChI=1S/C71H88N4O25/c1-7-19-92-21-12-14-52(77)46-28-42(16-18-56(46)100-69-63(83)61(81)54(79)37-96-69)34-97-70(88)74-47-30-57(40(4)26-43(47)64(84)72-32-38(2)24-49(72)66(74)86)93-22-9-8-10-23-94-59-31-48-44(29-58(59)91-6)65(85)73-33-39(3)25-50(73)67(87)75(48)71(89)98-35-41-15-17-55(45(27-41)51(76)13-11-20-90-5)99-68-62(82)60(80)53(78)36-95-68/h15-18,26-33,49-50,53-54,60-63,66-69,78-83,86-87H,7-14,19-25,34-37H2,1-6H3/t49-,50-,53+,54+,60-,61-,62+,63+,66?,67?,68-,69-/m0/s1. The normalized spacial score (nSPS) is 24.8. The fourth-order valence-corrected chi connectivity index (χ4v) is 12.7. The van der Waals surface area contributed by atoms with E-state index in [9.17, 15) is 69.6 Å². The highest BCUT2D eigenvalue weighted by Gasteiger charge is 2.48. The van der Waals surface area contributed by atoms with Crippen LogP contribution in [0, 0.1) is 6.92 Å². The van der Waals surface area contributed by atoms with Gasteiger partial charge in [0.25, 0.3) is 11.8 Å². The molecule has 2 unspecified atom stereocenters. The first-order valence-electron chi connectivity index (χ1n) is 33.5. The highest BCUT2D eigenvalue weighted by Crippen LogP contribution is 2.44. The van der Waals surface area contributed by atoms with E-state index in [4.69, 9.17) is 52.1 Å².